The highest BCUT2D eigenvalue weighted by molar-refractivity contribution is 8.00. The Morgan fingerprint density at radius 1 is 1.58 bits per heavy atom. The minimum absolute atomic E-state index is 0.139. The maximum Gasteiger partial charge on any atom is 0.319 e. The van der Waals surface area contributed by atoms with Crippen molar-refractivity contribution in [2.75, 3.05) is 11.9 Å². The molecule has 1 heterocycles. The van der Waals surface area contributed by atoms with Crippen LogP contribution in [0.25, 0.3) is 0 Å². The normalized spacial score (nSPS) is 13.9. The molecule has 0 radical (unpaired) electrons. The first-order valence-corrected chi connectivity index (χ1v) is 6.93. The van der Waals surface area contributed by atoms with Gasteiger partial charge in [-0.05, 0) is 13.3 Å². The molecule has 1 rings (SSSR count). The predicted octanol–water partition coefficient (Wildman–Crippen LogP) is 2.07. The molecule has 7 nitrogen and oxygen atoms in total. The van der Waals surface area contributed by atoms with E-state index >= 15 is 0 Å². The lowest BCUT2D eigenvalue weighted by molar-refractivity contribution is -0.388. The monoisotopic (exact) mass is 286 g/mol. The maximum absolute atomic E-state index is 10.9. The topological polar surface area (TPSA) is 101 Å². The highest BCUT2D eigenvalue weighted by Gasteiger charge is 2.21. The molecule has 2 N–H and O–H groups in total. The van der Waals surface area contributed by atoms with Gasteiger partial charge in [0.25, 0.3) is 0 Å². The number of aromatic nitrogens is 2. The smallest absolute Gasteiger partial charge is 0.319 e. The van der Waals surface area contributed by atoms with Gasteiger partial charge in [-0.2, -0.15) is 4.98 Å². The molecule has 8 heteroatoms. The van der Waals surface area contributed by atoms with Crippen LogP contribution < -0.4 is 5.32 Å². The minimum Gasteiger partial charge on any atom is -0.392 e. The first-order valence-electron chi connectivity index (χ1n) is 6.05. The van der Waals surface area contributed by atoms with Crippen LogP contribution in [0.3, 0.4) is 0 Å². The number of nitro groups is 1. The summed E-state index contributed by atoms with van der Waals surface area (Å²) in [7, 11) is 0. The van der Waals surface area contributed by atoms with E-state index in [2.05, 4.69) is 15.3 Å². The number of hydrogen-bond acceptors (Lipinski definition) is 7. The van der Waals surface area contributed by atoms with Crippen molar-refractivity contribution in [3.8, 4) is 0 Å². The average Bonchev–Trinajstić information content (AvgIpc) is 2.36. The van der Waals surface area contributed by atoms with Gasteiger partial charge in [-0.1, -0.05) is 25.6 Å². The van der Waals surface area contributed by atoms with Crippen LogP contribution in [0.4, 0.5) is 11.6 Å². The molecule has 0 saturated heterocycles. The number of nitrogens with zero attached hydrogens (tertiary/aromatic N) is 3. The van der Waals surface area contributed by atoms with Gasteiger partial charge in [0.15, 0.2) is 5.03 Å². The fourth-order valence-corrected chi connectivity index (χ4v) is 2.10. The summed E-state index contributed by atoms with van der Waals surface area (Å²) in [6, 6.07) is 0. The predicted molar refractivity (Wildman–Crippen MR) is 74.5 cm³/mol. The van der Waals surface area contributed by atoms with Crippen LogP contribution in [0, 0.1) is 10.1 Å². The maximum atomic E-state index is 10.9. The highest BCUT2D eigenvalue weighted by atomic mass is 32.2. The van der Waals surface area contributed by atoms with E-state index in [1.165, 1.54) is 18.0 Å². The lowest BCUT2D eigenvalue weighted by atomic mass is 10.3. The lowest BCUT2D eigenvalue weighted by Gasteiger charge is -2.13. The molecule has 0 saturated carbocycles. The lowest BCUT2D eigenvalue weighted by Crippen LogP contribution is -2.16. The molecule has 2 atom stereocenters. The first kappa shape index (κ1) is 15.6. The zero-order valence-electron chi connectivity index (χ0n) is 11.2. The third kappa shape index (κ3) is 4.64. The molecule has 1 aromatic heterocycles. The standard InChI is InChI=1S/C11H18N4O3S/c1-4-5-12-11-13-6-9(15(17)18)10(14-11)19-8(3)7(2)16/h6-8,16H,4-5H2,1-3H3,(H,12,13,14). The zero-order valence-corrected chi connectivity index (χ0v) is 12.0. The van der Waals surface area contributed by atoms with Crippen molar-refractivity contribution < 1.29 is 10.0 Å². The fourth-order valence-electron chi connectivity index (χ4n) is 1.17. The molecular weight excluding hydrogens is 268 g/mol. The summed E-state index contributed by atoms with van der Waals surface area (Å²) in [6.45, 7) is 6.14. The van der Waals surface area contributed by atoms with E-state index in [9.17, 15) is 15.2 Å². The number of aliphatic hydroxyl groups excluding tert-OH is 1. The van der Waals surface area contributed by atoms with E-state index < -0.39 is 11.0 Å². The SMILES string of the molecule is CCCNc1ncc([N+](=O)[O-])c(SC(C)C(C)O)n1. The Balaban J connectivity index is 2.98. The van der Waals surface area contributed by atoms with Crippen LogP contribution in [0.15, 0.2) is 11.2 Å². The van der Waals surface area contributed by atoms with Crippen molar-refractivity contribution in [2.45, 2.75) is 43.6 Å². The van der Waals surface area contributed by atoms with Crippen molar-refractivity contribution in [2.24, 2.45) is 0 Å². The van der Waals surface area contributed by atoms with E-state index in [1.54, 1.807) is 13.8 Å². The Morgan fingerprint density at radius 3 is 2.79 bits per heavy atom. The van der Waals surface area contributed by atoms with Crippen LogP contribution in [0.2, 0.25) is 0 Å². The van der Waals surface area contributed by atoms with Crippen molar-refractivity contribution in [1.82, 2.24) is 9.97 Å². The molecule has 0 bridgehead atoms. The van der Waals surface area contributed by atoms with Crippen LogP contribution >= 0.6 is 11.8 Å². The number of nitrogens with one attached hydrogen (secondary N) is 1. The second kappa shape index (κ2) is 7.25. The van der Waals surface area contributed by atoms with Crippen molar-refractivity contribution in [1.29, 1.82) is 0 Å². The van der Waals surface area contributed by atoms with Crippen LogP contribution in [-0.2, 0) is 0 Å². The summed E-state index contributed by atoms with van der Waals surface area (Å²) in [5.74, 6) is 0.368. The van der Waals surface area contributed by atoms with Gasteiger partial charge >= 0.3 is 5.69 Å². The van der Waals surface area contributed by atoms with E-state index in [1.807, 2.05) is 6.92 Å². The van der Waals surface area contributed by atoms with Gasteiger partial charge in [0, 0.05) is 11.8 Å². The molecule has 0 aliphatic heterocycles. The van der Waals surface area contributed by atoms with E-state index in [-0.39, 0.29) is 16.0 Å². The van der Waals surface area contributed by atoms with E-state index in [0.717, 1.165) is 6.42 Å². The van der Waals surface area contributed by atoms with Crippen LogP contribution in [-0.4, -0.2) is 37.9 Å². The van der Waals surface area contributed by atoms with E-state index in [0.29, 0.717) is 12.5 Å². The third-order valence-corrected chi connectivity index (χ3v) is 3.73. The van der Waals surface area contributed by atoms with Gasteiger partial charge in [-0.3, -0.25) is 10.1 Å². The summed E-state index contributed by atoms with van der Waals surface area (Å²) in [4.78, 5) is 18.5. The molecule has 19 heavy (non-hydrogen) atoms. The van der Waals surface area contributed by atoms with Crippen molar-refractivity contribution >= 4 is 23.4 Å². The summed E-state index contributed by atoms with van der Waals surface area (Å²) < 4.78 is 0. The van der Waals surface area contributed by atoms with Gasteiger partial charge in [-0.25, -0.2) is 4.98 Å². The number of hydrogen-bond donors (Lipinski definition) is 2. The number of anilines is 1. The van der Waals surface area contributed by atoms with Crippen LogP contribution in [0.1, 0.15) is 27.2 Å². The molecule has 0 fully saturated rings. The summed E-state index contributed by atoms with van der Waals surface area (Å²) >= 11 is 1.17. The minimum atomic E-state index is -0.577. The fraction of sp³-hybridized carbons (Fsp3) is 0.636. The Labute approximate surface area is 116 Å². The van der Waals surface area contributed by atoms with Gasteiger partial charge in [0.2, 0.25) is 5.95 Å². The first-order chi connectivity index (χ1) is 8.95. The van der Waals surface area contributed by atoms with Gasteiger partial charge in [0.1, 0.15) is 6.20 Å². The average molecular weight is 286 g/mol. The molecular formula is C11H18N4O3S. The molecule has 0 spiro atoms. The summed E-state index contributed by atoms with van der Waals surface area (Å²) in [5, 5.41) is 23.5. The summed E-state index contributed by atoms with van der Waals surface area (Å²) in [5.41, 5.74) is -0.139. The Morgan fingerprint density at radius 2 is 2.26 bits per heavy atom. The molecule has 1 aromatic rings. The third-order valence-electron chi connectivity index (χ3n) is 2.44. The van der Waals surface area contributed by atoms with Crippen molar-refractivity contribution in [3.63, 3.8) is 0 Å². The Bertz CT molecular complexity index is 442. The van der Waals surface area contributed by atoms with Gasteiger partial charge in [-0.15, -0.1) is 0 Å². The molecule has 0 aliphatic carbocycles. The summed E-state index contributed by atoms with van der Waals surface area (Å²) in [6.07, 6.45) is 1.53. The second-order valence-electron chi connectivity index (χ2n) is 4.13. The van der Waals surface area contributed by atoms with Gasteiger partial charge in [0.05, 0.1) is 11.0 Å². The molecule has 106 valence electrons. The second-order valence-corrected chi connectivity index (χ2v) is 5.50. The Hall–Kier alpha value is -1.41. The number of thioether (sulfide) groups is 1. The molecule has 0 amide bonds. The van der Waals surface area contributed by atoms with E-state index in [4.69, 9.17) is 0 Å². The van der Waals surface area contributed by atoms with Crippen molar-refractivity contribution in [3.05, 3.63) is 16.3 Å². The zero-order chi connectivity index (χ0) is 14.4. The van der Waals surface area contributed by atoms with Crippen LogP contribution in [0.5, 0.6) is 0 Å². The molecule has 0 aliphatic rings. The quantitative estimate of drug-likeness (QED) is 0.342. The molecule has 0 aromatic carbocycles. The largest absolute Gasteiger partial charge is 0.392 e. The van der Waals surface area contributed by atoms with Gasteiger partial charge < -0.3 is 10.4 Å². The highest BCUT2D eigenvalue weighted by Crippen LogP contribution is 2.31. The number of rotatable bonds is 7. The molecule has 2 unspecified atom stereocenters. The Kier molecular flexibility index (Phi) is 5.97. The number of aliphatic hydroxyl groups is 1.